The highest BCUT2D eigenvalue weighted by Gasteiger charge is 2.58. The van der Waals surface area contributed by atoms with Gasteiger partial charge in [-0.3, -0.25) is 9.59 Å². The second-order valence-corrected chi connectivity index (χ2v) is 5.18. The molecule has 18 heavy (non-hydrogen) atoms. The van der Waals surface area contributed by atoms with Gasteiger partial charge in [-0.05, 0) is 23.7 Å². The number of allylic oxidation sites excluding steroid dienone is 4. The number of ether oxygens (including phenoxy) is 2. The molecular weight excluding hydrogens is 232 g/mol. The Balaban J connectivity index is 2.00. The molecule has 6 atom stereocenters. The van der Waals surface area contributed by atoms with Crippen molar-refractivity contribution in [2.75, 3.05) is 14.2 Å². The molecular formula is C14H16O4. The van der Waals surface area contributed by atoms with Crippen LogP contribution in [0.15, 0.2) is 24.3 Å². The summed E-state index contributed by atoms with van der Waals surface area (Å²) in [7, 11) is 2.74. The SMILES string of the molecule is COC(=O)[C@@H]1[C@H]2C=C[C@H]([C@H]3C=C[C@@H]32)[C@@H]1C(=O)OC. The molecule has 0 aromatic carbocycles. The number of esters is 2. The lowest BCUT2D eigenvalue weighted by Crippen LogP contribution is -2.55. The van der Waals surface area contributed by atoms with Crippen LogP contribution in [0, 0.1) is 35.5 Å². The number of methoxy groups -OCH3 is 2. The van der Waals surface area contributed by atoms with E-state index in [2.05, 4.69) is 24.3 Å². The van der Waals surface area contributed by atoms with Crippen LogP contribution in [0.2, 0.25) is 0 Å². The third-order valence-electron chi connectivity index (χ3n) is 4.61. The molecule has 0 aromatic rings. The van der Waals surface area contributed by atoms with E-state index in [0.29, 0.717) is 11.8 Å². The number of rotatable bonds is 2. The number of carbonyl (C=O) groups is 2. The number of hydrogen-bond acceptors (Lipinski definition) is 4. The van der Waals surface area contributed by atoms with Crippen LogP contribution in [0.1, 0.15) is 0 Å². The molecule has 0 unspecified atom stereocenters. The fourth-order valence-corrected chi connectivity index (χ4v) is 3.73. The molecule has 4 rings (SSSR count). The van der Waals surface area contributed by atoms with Gasteiger partial charge in [0.05, 0.1) is 26.1 Å². The van der Waals surface area contributed by atoms with Crippen molar-refractivity contribution in [3.05, 3.63) is 24.3 Å². The highest BCUT2D eigenvalue weighted by atomic mass is 16.5. The lowest BCUT2D eigenvalue weighted by Gasteiger charge is -2.53. The van der Waals surface area contributed by atoms with E-state index in [4.69, 9.17) is 9.47 Å². The van der Waals surface area contributed by atoms with Gasteiger partial charge in [-0.2, -0.15) is 0 Å². The molecule has 4 nitrogen and oxygen atoms in total. The van der Waals surface area contributed by atoms with Gasteiger partial charge in [0.25, 0.3) is 0 Å². The molecule has 4 aliphatic rings. The molecule has 1 saturated carbocycles. The average molecular weight is 248 g/mol. The summed E-state index contributed by atoms with van der Waals surface area (Å²) in [5.74, 6) is -0.502. The van der Waals surface area contributed by atoms with Crippen molar-refractivity contribution >= 4 is 11.9 Å². The van der Waals surface area contributed by atoms with Crippen LogP contribution < -0.4 is 0 Å². The van der Waals surface area contributed by atoms with Crippen molar-refractivity contribution in [2.45, 2.75) is 0 Å². The zero-order valence-electron chi connectivity index (χ0n) is 10.4. The zero-order valence-corrected chi connectivity index (χ0v) is 10.4. The first kappa shape index (κ1) is 11.5. The lowest BCUT2D eigenvalue weighted by molar-refractivity contribution is -0.167. The predicted octanol–water partition coefficient (Wildman–Crippen LogP) is 1.18. The Morgan fingerprint density at radius 3 is 1.33 bits per heavy atom. The summed E-state index contributed by atoms with van der Waals surface area (Å²) in [5, 5.41) is 0. The standard InChI is InChI=1S/C14H16O4/c1-17-13(15)11-9-5-6-10(8-4-3-7(8)9)12(11)14(16)18-2/h3-12H,1-2H3/t7-,8-,9-,10+,11+,12-/m0/s1. The van der Waals surface area contributed by atoms with Gasteiger partial charge in [0, 0.05) is 0 Å². The molecule has 0 amide bonds. The van der Waals surface area contributed by atoms with Crippen molar-refractivity contribution < 1.29 is 19.1 Å². The summed E-state index contributed by atoms with van der Waals surface area (Å²) >= 11 is 0. The number of hydrogen-bond donors (Lipinski definition) is 0. The molecule has 0 spiro atoms. The van der Waals surface area contributed by atoms with Gasteiger partial charge in [0.15, 0.2) is 0 Å². The Labute approximate surface area is 106 Å². The highest BCUT2D eigenvalue weighted by molar-refractivity contribution is 5.84. The molecule has 0 saturated heterocycles. The molecule has 0 radical (unpaired) electrons. The summed E-state index contributed by atoms with van der Waals surface area (Å²) in [6, 6.07) is 0. The maximum Gasteiger partial charge on any atom is 0.310 e. The van der Waals surface area contributed by atoms with E-state index in [1.54, 1.807) is 0 Å². The average Bonchev–Trinajstić information content (AvgIpc) is 2.35. The Morgan fingerprint density at radius 1 is 0.722 bits per heavy atom. The minimum atomic E-state index is -0.399. The van der Waals surface area contributed by atoms with E-state index in [1.165, 1.54) is 14.2 Å². The maximum atomic E-state index is 12.0. The van der Waals surface area contributed by atoms with Gasteiger partial charge in [-0.25, -0.2) is 0 Å². The maximum absolute atomic E-state index is 12.0. The summed E-state index contributed by atoms with van der Waals surface area (Å²) < 4.78 is 9.74. The molecule has 0 heterocycles. The fourth-order valence-electron chi connectivity index (χ4n) is 3.73. The normalized spacial score (nSPS) is 43.0. The highest BCUT2D eigenvalue weighted by Crippen LogP contribution is 2.56. The minimum absolute atomic E-state index is 0.0709. The molecule has 0 aliphatic heterocycles. The number of carbonyl (C=O) groups excluding carboxylic acids is 2. The Morgan fingerprint density at radius 2 is 1.06 bits per heavy atom. The monoisotopic (exact) mass is 248 g/mol. The first-order valence-corrected chi connectivity index (χ1v) is 6.21. The smallest absolute Gasteiger partial charge is 0.310 e. The Kier molecular flexibility index (Phi) is 2.54. The van der Waals surface area contributed by atoms with Crippen molar-refractivity contribution in [3.8, 4) is 0 Å². The minimum Gasteiger partial charge on any atom is -0.469 e. The van der Waals surface area contributed by atoms with Crippen molar-refractivity contribution in [1.82, 2.24) is 0 Å². The van der Waals surface area contributed by atoms with E-state index < -0.39 is 11.8 Å². The van der Waals surface area contributed by atoms with Crippen LogP contribution in [0.3, 0.4) is 0 Å². The molecule has 2 bridgehead atoms. The van der Waals surface area contributed by atoms with E-state index >= 15 is 0 Å². The van der Waals surface area contributed by atoms with E-state index in [1.807, 2.05) is 0 Å². The van der Waals surface area contributed by atoms with Crippen LogP contribution in [0.5, 0.6) is 0 Å². The summed E-state index contributed by atoms with van der Waals surface area (Å²) in [4.78, 5) is 24.0. The van der Waals surface area contributed by atoms with Crippen LogP contribution in [-0.4, -0.2) is 26.2 Å². The van der Waals surface area contributed by atoms with Crippen LogP contribution >= 0.6 is 0 Å². The zero-order chi connectivity index (χ0) is 12.9. The van der Waals surface area contributed by atoms with Gasteiger partial charge in [0.2, 0.25) is 0 Å². The molecule has 4 aliphatic carbocycles. The van der Waals surface area contributed by atoms with Crippen molar-refractivity contribution in [3.63, 3.8) is 0 Å². The first-order chi connectivity index (χ1) is 8.69. The largest absolute Gasteiger partial charge is 0.469 e. The molecule has 4 heteroatoms. The third-order valence-corrected chi connectivity index (χ3v) is 4.61. The van der Waals surface area contributed by atoms with Gasteiger partial charge in [-0.15, -0.1) is 0 Å². The third kappa shape index (κ3) is 1.32. The van der Waals surface area contributed by atoms with Crippen LogP contribution in [0.25, 0.3) is 0 Å². The molecule has 0 N–H and O–H groups in total. The van der Waals surface area contributed by atoms with Gasteiger partial charge >= 0.3 is 11.9 Å². The second kappa shape index (κ2) is 3.97. The molecule has 1 fully saturated rings. The topological polar surface area (TPSA) is 52.6 Å². The van der Waals surface area contributed by atoms with E-state index in [0.717, 1.165) is 0 Å². The van der Waals surface area contributed by atoms with Crippen molar-refractivity contribution in [1.29, 1.82) is 0 Å². The van der Waals surface area contributed by atoms with Gasteiger partial charge in [-0.1, -0.05) is 24.3 Å². The first-order valence-electron chi connectivity index (χ1n) is 6.21. The van der Waals surface area contributed by atoms with Gasteiger partial charge in [0.1, 0.15) is 0 Å². The van der Waals surface area contributed by atoms with Gasteiger partial charge < -0.3 is 9.47 Å². The van der Waals surface area contributed by atoms with E-state index in [-0.39, 0.29) is 23.8 Å². The molecule has 96 valence electrons. The fraction of sp³-hybridized carbons (Fsp3) is 0.571. The summed E-state index contributed by atoms with van der Waals surface area (Å²) in [5.41, 5.74) is 0. The van der Waals surface area contributed by atoms with Crippen LogP contribution in [-0.2, 0) is 19.1 Å². The Hall–Kier alpha value is -1.58. The van der Waals surface area contributed by atoms with Crippen molar-refractivity contribution in [2.24, 2.45) is 35.5 Å². The number of fused-ring (bicyclic) bond motifs is 1. The second-order valence-electron chi connectivity index (χ2n) is 5.18. The van der Waals surface area contributed by atoms with Crippen LogP contribution in [0.4, 0.5) is 0 Å². The molecule has 0 aromatic heterocycles. The predicted molar refractivity (Wildman–Crippen MR) is 63.3 cm³/mol. The quantitative estimate of drug-likeness (QED) is 0.544. The van der Waals surface area contributed by atoms with E-state index in [9.17, 15) is 9.59 Å². The summed E-state index contributed by atoms with van der Waals surface area (Å²) in [6.45, 7) is 0. The lowest BCUT2D eigenvalue weighted by atomic mass is 9.50. The Bertz CT molecular complexity index is 411. The summed E-state index contributed by atoms with van der Waals surface area (Å²) in [6.07, 6.45) is 8.40.